The van der Waals surface area contributed by atoms with Crippen LogP contribution in [0.5, 0.6) is 5.75 Å². The van der Waals surface area contributed by atoms with Crippen LogP contribution in [0.15, 0.2) is 12.3 Å². The van der Waals surface area contributed by atoms with E-state index >= 15 is 0 Å². The topological polar surface area (TPSA) is 99.3 Å². The fourth-order valence-electron chi connectivity index (χ4n) is 0.747. The highest BCUT2D eigenvalue weighted by molar-refractivity contribution is 5.75. The number of carboxylic acid groups (broad SMARTS) is 1. The zero-order chi connectivity index (χ0) is 8.43. The fraction of sp³-hybridized carbons (Fsp3) is 0.167. The smallest absolute Gasteiger partial charge is 0.326 e. The fourth-order valence-corrected chi connectivity index (χ4v) is 0.747. The van der Waals surface area contributed by atoms with Gasteiger partial charge in [0.25, 0.3) is 0 Å². The van der Waals surface area contributed by atoms with Crippen LogP contribution in [0, 0.1) is 0 Å². The molecule has 0 bridgehead atoms. The SMILES string of the molecule is NC(C(=O)O)c1[nH]ccc1O. The summed E-state index contributed by atoms with van der Waals surface area (Å²) in [5.41, 5.74) is 5.31. The van der Waals surface area contributed by atoms with Gasteiger partial charge in [0, 0.05) is 6.20 Å². The molecule has 11 heavy (non-hydrogen) atoms. The molecule has 0 amide bonds. The van der Waals surface area contributed by atoms with Crippen LogP contribution in [0.3, 0.4) is 0 Å². The number of H-pyrrole nitrogens is 1. The molecule has 1 rings (SSSR count). The van der Waals surface area contributed by atoms with E-state index < -0.39 is 12.0 Å². The largest absolute Gasteiger partial charge is 0.506 e. The van der Waals surface area contributed by atoms with E-state index in [1.165, 1.54) is 12.3 Å². The summed E-state index contributed by atoms with van der Waals surface area (Å²) >= 11 is 0. The van der Waals surface area contributed by atoms with Gasteiger partial charge in [-0.1, -0.05) is 0 Å². The number of aromatic hydroxyl groups is 1. The predicted molar refractivity (Wildman–Crippen MR) is 37.0 cm³/mol. The summed E-state index contributed by atoms with van der Waals surface area (Å²) in [6.07, 6.45) is 1.42. The number of aromatic nitrogens is 1. The highest BCUT2D eigenvalue weighted by Crippen LogP contribution is 2.19. The molecule has 5 N–H and O–H groups in total. The summed E-state index contributed by atoms with van der Waals surface area (Å²) < 4.78 is 0. The molecule has 5 nitrogen and oxygen atoms in total. The monoisotopic (exact) mass is 156 g/mol. The molecule has 1 atom stereocenters. The Kier molecular flexibility index (Phi) is 1.82. The summed E-state index contributed by atoms with van der Waals surface area (Å²) in [6.45, 7) is 0. The molecule has 0 aliphatic rings. The average molecular weight is 156 g/mol. The van der Waals surface area contributed by atoms with Crippen molar-refractivity contribution < 1.29 is 15.0 Å². The van der Waals surface area contributed by atoms with Crippen molar-refractivity contribution in [1.82, 2.24) is 4.98 Å². The number of carbonyl (C=O) groups is 1. The number of aliphatic carboxylic acids is 1. The molecule has 1 aromatic rings. The molecule has 0 saturated heterocycles. The van der Waals surface area contributed by atoms with Crippen molar-refractivity contribution in [2.45, 2.75) is 6.04 Å². The minimum atomic E-state index is -1.19. The first-order valence-corrected chi connectivity index (χ1v) is 2.97. The van der Waals surface area contributed by atoms with Crippen LogP contribution in [0.2, 0.25) is 0 Å². The number of aromatic amines is 1. The van der Waals surface area contributed by atoms with E-state index in [1.807, 2.05) is 0 Å². The summed E-state index contributed by atoms with van der Waals surface area (Å²) in [4.78, 5) is 12.8. The third kappa shape index (κ3) is 1.32. The highest BCUT2D eigenvalue weighted by Gasteiger charge is 2.18. The van der Waals surface area contributed by atoms with Crippen molar-refractivity contribution in [2.24, 2.45) is 5.73 Å². The second-order valence-corrected chi connectivity index (χ2v) is 2.09. The van der Waals surface area contributed by atoms with Gasteiger partial charge in [-0.15, -0.1) is 0 Å². The van der Waals surface area contributed by atoms with Crippen LogP contribution in [-0.2, 0) is 4.79 Å². The van der Waals surface area contributed by atoms with Crippen molar-refractivity contribution in [1.29, 1.82) is 0 Å². The van der Waals surface area contributed by atoms with Crippen molar-refractivity contribution in [2.75, 3.05) is 0 Å². The molecule has 0 radical (unpaired) electrons. The summed E-state index contributed by atoms with van der Waals surface area (Å²) in [5.74, 6) is -1.30. The van der Waals surface area contributed by atoms with Gasteiger partial charge in [-0.25, -0.2) is 0 Å². The summed E-state index contributed by atoms with van der Waals surface area (Å²) in [7, 11) is 0. The van der Waals surface area contributed by atoms with Crippen LogP contribution in [0.25, 0.3) is 0 Å². The van der Waals surface area contributed by atoms with Gasteiger partial charge in [-0.2, -0.15) is 0 Å². The average Bonchev–Trinajstić information content (AvgIpc) is 2.33. The maximum absolute atomic E-state index is 10.3. The van der Waals surface area contributed by atoms with E-state index in [-0.39, 0.29) is 11.4 Å². The zero-order valence-corrected chi connectivity index (χ0v) is 5.61. The molecule has 5 heteroatoms. The van der Waals surface area contributed by atoms with Crippen molar-refractivity contribution >= 4 is 5.97 Å². The third-order valence-corrected chi connectivity index (χ3v) is 1.33. The molecule has 1 heterocycles. The second-order valence-electron chi connectivity index (χ2n) is 2.09. The number of rotatable bonds is 2. The molecule has 0 saturated carbocycles. The quantitative estimate of drug-likeness (QED) is 0.476. The molecule has 0 fully saturated rings. The second kappa shape index (κ2) is 2.63. The zero-order valence-electron chi connectivity index (χ0n) is 5.61. The normalized spacial score (nSPS) is 12.8. The minimum Gasteiger partial charge on any atom is -0.506 e. The Hall–Kier alpha value is -1.49. The number of hydrogen-bond donors (Lipinski definition) is 4. The molecule has 0 aliphatic carbocycles. The van der Waals surface area contributed by atoms with Gasteiger partial charge in [0.2, 0.25) is 0 Å². The van der Waals surface area contributed by atoms with Gasteiger partial charge in [0.15, 0.2) is 0 Å². The maximum Gasteiger partial charge on any atom is 0.326 e. The number of hydrogen-bond acceptors (Lipinski definition) is 3. The lowest BCUT2D eigenvalue weighted by Crippen LogP contribution is -2.20. The predicted octanol–water partition coefficient (Wildman–Crippen LogP) is -0.195. The lowest BCUT2D eigenvalue weighted by Gasteiger charge is -2.03. The third-order valence-electron chi connectivity index (χ3n) is 1.33. The molecule has 1 unspecified atom stereocenters. The number of nitrogens with two attached hydrogens (primary N) is 1. The first-order valence-electron chi connectivity index (χ1n) is 2.97. The van der Waals surface area contributed by atoms with Gasteiger partial charge in [-0.05, 0) is 6.07 Å². The molecular formula is C6H8N2O3. The first kappa shape index (κ1) is 7.62. The van der Waals surface area contributed by atoms with Gasteiger partial charge >= 0.3 is 5.97 Å². The Labute approximate surface area is 62.5 Å². The molecule has 0 spiro atoms. The first-order chi connectivity index (χ1) is 5.13. The Morgan fingerprint density at radius 2 is 2.36 bits per heavy atom. The lowest BCUT2D eigenvalue weighted by atomic mass is 10.2. The summed E-state index contributed by atoms with van der Waals surface area (Å²) in [5, 5.41) is 17.4. The van der Waals surface area contributed by atoms with Gasteiger partial charge in [0.1, 0.15) is 11.8 Å². The van der Waals surface area contributed by atoms with Crippen molar-refractivity contribution in [3.8, 4) is 5.75 Å². The van der Waals surface area contributed by atoms with Crippen molar-refractivity contribution in [3.63, 3.8) is 0 Å². The maximum atomic E-state index is 10.3. The standard InChI is InChI=1S/C6H8N2O3/c7-4(6(10)11)5-3(9)1-2-8-5/h1-2,4,8-9H,7H2,(H,10,11). The van der Waals surface area contributed by atoms with E-state index in [9.17, 15) is 4.79 Å². The van der Waals surface area contributed by atoms with Crippen LogP contribution in [-0.4, -0.2) is 21.2 Å². The molecular weight excluding hydrogens is 148 g/mol. The van der Waals surface area contributed by atoms with E-state index in [2.05, 4.69) is 4.98 Å². The Morgan fingerprint density at radius 1 is 1.73 bits per heavy atom. The minimum absolute atomic E-state index is 0.123. The van der Waals surface area contributed by atoms with Gasteiger partial charge in [-0.3, -0.25) is 4.79 Å². The Morgan fingerprint density at radius 3 is 2.73 bits per heavy atom. The van der Waals surface area contributed by atoms with E-state index in [1.54, 1.807) is 0 Å². The molecule has 0 aromatic carbocycles. The van der Waals surface area contributed by atoms with Crippen LogP contribution < -0.4 is 5.73 Å². The molecule has 0 aliphatic heterocycles. The van der Waals surface area contributed by atoms with E-state index in [4.69, 9.17) is 15.9 Å². The van der Waals surface area contributed by atoms with E-state index in [0.29, 0.717) is 0 Å². The molecule has 1 aromatic heterocycles. The number of carboxylic acids is 1. The Bertz CT molecular complexity index is 269. The van der Waals surface area contributed by atoms with Crippen LogP contribution in [0.4, 0.5) is 0 Å². The summed E-state index contributed by atoms with van der Waals surface area (Å²) in [6, 6.07) is 0.156. The lowest BCUT2D eigenvalue weighted by molar-refractivity contribution is -0.138. The van der Waals surface area contributed by atoms with Crippen LogP contribution >= 0.6 is 0 Å². The number of nitrogens with one attached hydrogen (secondary N) is 1. The Balaban J connectivity index is 2.92. The highest BCUT2D eigenvalue weighted by atomic mass is 16.4. The van der Waals surface area contributed by atoms with Crippen LogP contribution in [0.1, 0.15) is 11.7 Å². The van der Waals surface area contributed by atoms with E-state index in [0.717, 1.165) is 0 Å². The van der Waals surface area contributed by atoms with Gasteiger partial charge < -0.3 is 20.9 Å². The molecule has 60 valence electrons. The van der Waals surface area contributed by atoms with Gasteiger partial charge in [0.05, 0.1) is 5.69 Å². The van der Waals surface area contributed by atoms with Crippen molar-refractivity contribution in [3.05, 3.63) is 18.0 Å².